The second-order valence-corrected chi connectivity index (χ2v) is 5.41. The molecule has 3 heterocycles. The summed E-state index contributed by atoms with van der Waals surface area (Å²) in [6.45, 7) is 4.65. The van der Waals surface area contributed by atoms with E-state index in [1.165, 1.54) is 0 Å². The van der Waals surface area contributed by atoms with Crippen LogP contribution < -0.4 is 5.32 Å². The third-order valence-electron chi connectivity index (χ3n) is 3.70. The number of rotatable bonds is 3. The quantitative estimate of drug-likeness (QED) is 0.939. The Hall–Kier alpha value is -2.24. The minimum atomic E-state index is -0.0204. The fourth-order valence-corrected chi connectivity index (χ4v) is 2.59. The minimum Gasteiger partial charge on any atom is -0.469 e. The first-order valence-corrected chi connectivity index (χ1v) is 7.29. The van der Waals surface area contributed by atoms with Gasteiger partial charge in [-0.15, -0.1) is 0 Å². The van der Waals surface area contributed by atoms with Gasteiger partial charge in [0.2, 0.25) is 0 Å². The predicted molar refractivity (Wildman–Crippen MR) is 77.8 cm³/mol. The Kier molecular flexibility index (Phi) is 3.94. The van der Waals surface area contributed by atoms with E-state index in [1.807, 2.05) is 35.0 Å². The lowest BCUT2D eigenvalue weighted by Crippen LogP contribution is -2.40. The summed E-state index contributed by atoms with van der Waals surface area (Å²) < 4.78 is 7.27. The highest BCUT2D eigenvalue weighted by Crippen LogP contribution is 2.19. The molecule has 2 amide bonds. The van der Waals surface area contributed by atoms with Crippen LogP contribution in [0.4, 0.5) is 4.79 Å². The number of carbonyl (C=O) groups excluding carboxylic acids is 1. The third-order valence-corrected chi connectivity index (χ3v) is 3.70. The van der Waals surface area contributed by atoms with E-state index in [1.54, 1.807) is 6.26 Å². The molecule has 0 unspecified atom stereocenters. The van der Waals surface area contributed by atoms with Gasteiger partial charge in [-0.05, 0) is 25.0 Å². The monoisotopic (exact) mass is 288 g/mol. The van der Waals surface area contributed by atoms with Gasteiger partial charge in [-0.2, -0.15) is 5.10 Å². The van der Waals surface area contributed by atoms with Crippen molar-refractivity contribution in [1.82, 2.24) is 20.0 Å². The normalized spacial score (nSPS) is 14.6. The molecule has 1 N–H and O–H groups in total. The highest BCUT2D eigenvalue weighted by atomic mass is 16.3. The van der Waals surface area contributed by atoms with Crippen LogP contribution in [0.15, 0.2) is 29.1 Å². The summed E-state index contributed by atoms with van der Waals surface area (Å²) in [7, 11) is 0. The van der Waals surface area contributed by atoms with Crippen LogP contribution in [0.5, 0.6) is 0 Å². The van der Waals surface area contributed by atoms with Crippen molar-refractivity contribution >= 4 is 6.03 Å². The number of hydrogen-bond acceptors (Lipinski definition) is 3. The number of fused-ring (bicyclic) bond motifs is 1. The molecule has 6 nitrogen and oxygen atoms in total. The molecule has 2 aromatic heterocycles. The lowest BCUT2D eigenvalue weighted by Gasteiger charge is -2.20. The highest BCUT2D eigenvalue weighted by Gasteiger charge is 2.20. The van der Waals surface area contributed by atoms with Crippen LogP contribution >= 0.6 is 0 Å². The Morgan fingerprint density at radius 2 is 2.43 bits per heavy atom. The molecule has 21 heavy (non-hydrogen) atoms. The van der Waals surface area contributed by atoms with E-state index < -0.39 is 0 Å². The molecule has 112 valence electrons. The van der Waals surface area contributed by atoms with Gasteiger partial charge in [0.1, 0.15) is 5.76 Å². The Morgan fingerprint density at radius 3 is 3.24 bits per heavy atom. The number of amides is 2. The number of furan rings is 1. The van der Waals surface area contributed by atoms with E-state index in [-0.39, 0.29) is 6.03 Å². The molecule has 3 rings (SSSR count). The Morgan fingerprint density at radius 1 is 1.52 bits per heavy atom. The molecular weight excluding hydrogens is 268 g/mol. The lowest BCUT2D eigenvalue weighted by molar-refractivity contribution is 0.195. The summed E-state index contributed by atoms with van der Waals surface area (Å²) in [5, 5.41) is 7.16. The smallest absolute Gasteiger partial charge is 0.317 e. The van der Waals surface area contributed by atoms with Crippen molar-refractivity contribution in [3.05, 3.63) is 41.6 Å². The third kappa shape index (κ3) is 3.26. The van der Waals surface area contributed by atoms with Gasteiger partial charge in [-0.3, -0.25) is 4.68 Å². The maximum atomic E-state index is 12.2. The molecule has 0 radical (unpaired) electrons. The van der Waals surface area contributed by atoms with Gasteiger partial charge in [0.15, 0.2) is 0 Å². The van der Waals surface area contributed by atoms with E-state index in [9.17, 15) is 4.79 Å². The van der Waals surface area contributed by atoms with Crippen molar-refractivity contribution in [2.24, 2.45) is 0 Å². The zero-order chi connectivity index (χ0) is 14.7. The van der Waals surface area contributed by atoms with Gasteiger partial charge in [0.05, 0.1) is 25.5 Å². The van der Waals surface area contributed by atoms with Crippen molar-refractivity contribution < 1.29 is 9.21 Å². The standard InChI is InChI=1S/C15H20N4O2/c1-12-9-17-19(10-12)7-5-16-15(20)18-6-2-3-14-13(11-18)4-8-21-14/h4,8-10H,2-3,5-7,11H2,1H3,(H,16,20). The molecule has 1 aliphatic heterocycles. The summed E-state index contributed by atoms with van der Waals surface area (Å²) in [4.78, 5) is 14.1. The molecule has 0 aromatic carbocycles. The summed E-state index contributed by atoms with van der Waals surface area (Å²) in [5.41, 5.74) is 2.24. The van der Waals surface area contributed by atoms with Gasteiger partial charge >= 0.3 is 6.03 Å². The summed E-state index contributed by atoms with van der Waals surface area (Å²) >= 11 is 0. The number of nitrogens with one attached hydrogen (secondary N) is 1. The van der Waals surface area contributed by atoms with Crippen LogP contribution in [0.25, 0.3) is 0 Å². The van der Waals surface area contributed by atoms with Gasteiger partial charge in [0, 0.05) is 31.3 Å². The van der Waals surface area contributed by atoms with Crippen LogP contribution in [0.3, 0.4) is 0 Å². The lowest BCUT2D eigenvalue weighted by atomic mass is 10.2. The maximum Gasteiger partial charge on any atom is 0.317 e. The number of urea groups is 1. The van der Waals surface area contributed by atoms with Crippen LogP contribution in [0, 0.1) is 6.92 Å². The highest BCUT2D eigenvalue weighted by molar-refractivity contribution is 5.74. The van der Waals surface area contributed by atoms with Crippen LogP contribution in [0.1, 0.15) is 23.3 Å². The fourth-order valence-electron chi connectivity index (χ4n) is 2.59. The molecule has 0 saturated carbocycles. The first kappa shape index (κ1) is 13.7. The average molecular weight is 288 g/mol. The van der Waals surface area contributed by atoms with Crippen molar-refractivity contribution in [3.8, 4) is 0 Å². The van der Waals surface area contributed by atoms with E-state index in [4.69, 9.17) is 4.42 Å². The van der Waals surface area contributed by atoms with Gasteiger partial charge < -0.3 is 14.6 Å². The van der Waals surface area contributed by atoms with Crippen molar-refractivity contribution in [2.45, 2.75) is 32.9 Å². The topological polar surface area (TPSA) is 63.3 Å². The first-order chi connectivity index (χ1) is 10.2. The summed E-state index contributed by atoms with van der Waals surface area (Å²) in [6.07, 6.45) is 7.32. The number of carbonyl (C=O) groups is 1. The molecule has 0 bridgehead atoms. The van der Waals surface area contributed by atoms with Crippen molar-refractivity contribution in [1.29, 1.82) is 0 Å². The zero-order valence-electron chi connectivity index (χ0n) is 12.2. The molecule has 2 aromatic rings. The van der Waals surface area contributed by atoms with E-state index in [0.717, 1.165) is 36.3 Å². The Bertz CT molecular complexity index is 617. The molecule has 0 fully saturated rings. The zero-order valence-corrected chi connectivity index (χ0v) is 12.2. The summed E-state index contributed by atoms with van der Waals surface area (Å²) in [5.74, 6) is 1.01. The molecule has 0 saturated heterocycles. The van der Waals surface area contributed by atoms with Crippen molar-refractivity contribution in [3.63, 3.8) is 0 Å². The molecular formula is C15H20N4O2. The van der Waals surface area contributed by atoms with E-state index in [2.05, 4.69) is 10.4 Å². The molecule has 6 heteroatoms. The number of aromatic nitrogens is 2. The van der Waals surface area contributed by atoms with Gasteiger partial charge in [0.25, 0.3) is 0 Å². The van der Waals surface area contributed by atoms with Gasteiger partial charge in [-0.25, -0.2) is 4.79 Å². The molecule has 0 spiro atoms. The van der Waals surface area contributed by atoms with Crippen molar-refractivity contribution in [2.75, 3.05) is 13.1 Å². The Balaban J connectivity index is 1.51. The predicted octanol–water partition coefficient (Wildman–Crippen LogP) is 1.94. The van der Waals surface area contributed by atoms with Crippen LogP contribution in [-0.4, -0.2) is 33.8 Å². The second kappa shape index (κ2) is 6.03. The largest absolute Gasteiger partial charge is 0.469 e. The molecule has 0 atom stereocenters. The molecule has 0 aliphatic carbocycles. The average Bonchev–Trinajstić information content (AvgIpc) is 3.03. The van der Waals surface area contributed by atoms with Gasteiger partial charge in [-0.1, -0.05) is 0 Å². The SMILES string of the molecule is Cc1cnn(CCNC(=O)N2CCCc3occc3C2)c1. The number of aryl methyl sites for hydroxylation is 2. The fraction of sp³-hybridized carbons (Fsp3) is 0.467. The van der Waals surface area contributed by atoms with Crippen LogP contribution in [-0.2, 0) is 19.5 Å². The number of hydrogen-bond donors (Lipinski definition) is 1. The van der Waals surface area contributed by atoms with E-state index in [0.29, 0.717) is 19.6 Å². The minimum absolute atomic E-state index is 0.0204. The number of nitrogens with zero attached hydrogens (tertiary/aromatic N) is 3. The first-order valence-electron chi connectivity index (χ1n) is 7.29. The maximum absolute atomic E-state index is 12.2. The van der Waals surface area contributed by atoms with Crippen LogP contribution in [0.2, 0.25) is 0 Å². The summed E-state index contributed by atoms with van der Waals surface area (Å²) in [6, 6.07) is 1.93. The second-order valence-electron chi connectivity index (χ2n) is 5.41. The molecule has 1 aliphatic rings. The van der Waals surface area contributed by atoms with E-state index >= 15 is 0 Å². The Labute approximate surface area is 123 Å².